The molecule has 270 valence electrons. The molecule has 58 heavy (non-hydrogen) atoms. The van der Waals surface area contributed by atoms with Crippen molar-refractivity contribution in [3.63, 3.8) is 0 Å². The summed E-state index contributed by atoms with van der Waals surface area (Å²) < 4.78 is 13.4. The van der Waals surface area contributed by atoms with Crippen molar-refractivity contribution in [3.8, 4) is 12.1 Å². The summed E-state index contributed by atoms with van der Waals surface area (Å²) in [5.41, 5.74) is 9.57. The Morgan fingerprint density at radius 1 is 0.345 bits per heavy atom. The largest absolute Gasteiger partial charge is 0.452 e. The van der Waals surface area contributed by atoms with E-state index in [0.29, 0.717) is 22.3 Å². The van der Waals surface area contributed by atoms with Crippen LogP contribution in [0.15, 0.2) is 191 Å². The molecule has 0 saturated heterocycles. The van der Waals surface area contributed by atoms with E-state index in [0.717, 1.165) is 88.4 Å². The van der Waals surface area contributed by atoms with E-state index in [1.54, 1.807) is 0 Å². The number of para-hydroxylation sites is 4. The third-order valence-electron chi connectivity index (χ3n) is 11.0. The lowest BCUT2D eigenvalue weighted by atomic mass is 10.0. The van der Waals surface area contributed by atoms with Crippen molar-refractivity contribution < 1.29 is 8.83 Å². The molecule has 0 spiro atoms. The van der Waals surface area contributed by atoms with Gasteiger partial charge in [-0.15, -0.1) is 0 Å². The number of furan rings is 2. The average Bonchev–Trinajstić information content (AvgIpc) is 3.83. The zero-order valence-corrected chi connectivity index (χ0v) is 30.9. The fourth-order valence-electron chi connectivity index (χ4n) is 8.34. The van der Waals surface area contributed by atoms with Crippen molar-refractivity contribution >= 4 is 99.5 Å². The van der Waals surface area contributed by atoms with Crippen LogP contribution in [-0.2, 0) is 0 Å². The van der Waals surface area contributed by atoms with Gasteiger partial charge in [0.05, 0.1) is 22.5 Å². The third-order valence-corrected chi connectivity index (χ3v) is 11.0. The van der Waals surface area contributed by atoms with Gasteiger partial charge in [0.15, 0.2) is 11.2 Å². The van der Waals surface area contributed by atoms with E-state index in [-0.39, 0.29) is 0 Å². The molecule has 0 aliphatic rings. The standard InChI is InChI=1S/C52H30N4O2/c53-31-35-11-7-9-17-47(35)55(39-13-3-1-4-14-39)41-21-19-33-27-45-43-23-24-44-46-28-34-20-22-42(56(40-15-5-2-6-16-40)48-18-10-8-12-36(48)32-54)26-38(34)30-50(46)58-52(44)51(43)57-49(45)29-37(33)25-41/h1-30H. The first kappa shape index (κ1) is 33.1. The topological polar surface area (TPSA) is 80.3 Å². The Morgan fingerprint density at radius 3 is 1.19 bits per heavy atom. The molecule has 11 rings (SSSR count). The Hall–Kier alpha value is -8.32. The number of hydrogen-bond acceptors (Lipinski definition) is 6. The molecule has 11 aromatic rings. The maximum atomic E-state index is 10.0. The van der Waals surface area contributed by atoms with Gasteiger partial charge < -0.3 is 18.6 Å². The number of nitriles is 2. The summed E-state index contributed by atoms with van der Waals surface area (Å²) in [6.45, 7) is 0. The minimum atomic E-state index is 0.595. The first-order chi connectivity index (χ1) is 28.6. The van der Waals surface area contributed by atoms with Gasteiger partial charge in [-0.05, 0) is 131 Å². The first-order valence-corrected chi connectivity index (χ1v) is 19.0. The summed E-state index contributed by atoms with van der Waals surface area (Å²) in [6, 6.07) is 65.9. The molecule has 0 radical (unpaired) electrons. The van der Waals surface area contributed by atoms with Gasteiger partial charge in [0, 0.05) is 44.3 Å². The number of rotatable bonds is 6. The molecule has 0 N–H and O–H groups in total. The van der Waals surface area contributed by atoms with Gasteiger partial charge in [-0.1, -0.05) is 72.8 Å². The van der Waals surface area contributed by atoms with Crippen LogP contribution in [0.4, 0.5) is 34.1 Å². The minimum Gasteiger partial charge on any atom is -0.452 e. The Labute approximate surface area is 332 Å². The molecule has 9 aromatic carbocycles. The Balaban J connectivity index is 1.04. The Kier molecular flexibility index (Phi) is 7.50. The molecule has 0 aliphatic carbocycles. The second kappa shape index (κ2) is 13.2. The van der Waals surface area contributed by atoms with Gasteiger partial charge >= 0.3 is 0 Å². The van der Waals surface area contributed by atoms with Gasteiger partial charge in [-0.2, -0.15) is 10.5 Å². The molecule has 0 saturated carbocycles. The molecule has 2 aromatic heterocycles. The normalized spacial score (nSPS) is 11.4. The van der Waals surface area contributed by atoms with Gasteiger partial charge in [-0.25, -0.2) is 0 Å². The lowest BCUT2D eigenvalue weighted by molar-refractivity contribution is 0.634. The summed E-state index contributed by atoms with van der Waals surface area (Å²) in [7, 11) is 0. The third kappa shape index (κ3) is 5.25. The fraction of sp³-hybridized carbons (Fsp3) is 0. The van der Waals surface area contributed by atoms with Crippen molar-refractivity contribution in [3.05, 3.63) is 193 Å². The monoisotopic (exact) mass is 742 g/mol. The van der Waals surface area contributed by atoms with Crippen molar-refractivity contribution in [1.29, 1.82) is 10.5 Å². The van der Waals surface area contributed by atoms with Crippen LogP contribution < -0.4 is 9.80 Å². The van der Waals surface area contributed by atoms with E-state index in [1.165, 1.54) is 0 Å². The second-order valence-corrected chi connectivity index (χ2v) is 14.4. The van der Waals surface area contributed by atoms with Crippen molar-refractivity contribution in [2.75, 3.05) is 9.80 Å². The zero-order chi connectivity index (χ0) is 38.7. The highest BCUT2D eigenvalue weighted by Crippen LogP contribution is 2.44. The summed E-state index contributed by atoms with van der Waals surface area (Å²) in [5.74, 6) is 0. The van der Waals surface area contributed by atoms with Crippen LogP contribution in [0.3, 0.4) is 0 Å². The Bertz CT molecular complexity index is 3270. The quantitative estimate of drug-likeness (QED) is 0.169. The van der Waals surface area contributed by atoms with E-state index in [9.17, 15) is 10.5 Å². The van der Waals surface area contributed by atoms with Gasteiger partial charge in [0.25, 0.3) is 0 Å². The fourth-order valence-corrected chi connectivity index (χ4v) is 8.34. The Morgan fingerprint density at radius 2 is 0.759 bits per heavy atom. The number of anilines is 6. The summed E-state index contributed by atoms with van der Waals surface area (Å²) in [4.78, 5) is 4.24. The molecule has 6 heteroatoms. The molecule has 0 bridgehead atoms. The molecule has 2 heterocycles. The summed E-state index contributed by atoms with van der Waals surface area (Å²) in [6.07, 6.45) is 0. The molecule has 0 atom stereocenters. The highest BCUT2D eigenvalue weighted by atomic mass is 16.4. The molecule has 0 fully saturated rings. The highest BCUT2D eigenvalue weighted by Gasteiger charge is 2.21. The van der Waals surface area contributed by atoms with Gasteiger partial charge in [-0.3, -0.25) is 0 Å². The summed E-state index contributed by atoms with van der Waals surface area (Å²) >= 11 is 0. The molecule has 0 amide bonds. The van der Waals surface area contributed by atoms with Gasteiger partial charge in [0.1, 0.15) is 23.3 Å². The van der Waals surface area contributed by atoms with Crippen molar-refractivity contribution in [1.82, 2.24) is 0 Å². The van der Waals surface area contributed by atoms with Crippen molar-refractivity contribution in [2.24, 2.45) is 0 Å². The van der Waals surface area contributed by atoms with E-state index in [2.05, 4.69) is 119 Å². The number of hydrogen-bond donors (Lipinski definition) is 0. The lowest BCUT2D eigenvalue weighted by Crippen LogP contribution is -2.11. The number of fused-ring (bicyclic) bond motifs is 9. The average molecular weight is 743 g/mol. The maximum Gasteiger partial charge on any atom is 0.178 e. The maximum absolute atomic E-state index is 10.0. The predicted octanol–water partition coefficient (Wildman–Crippen LogP) is 14.5. The van der Waals surface area contributed by atoms with E-state index < -0.39 is 0 Å². The molecular formula is C52H30N4O2. The van der Waals surface area contributed by atoms with Crippen LogP contribution in [0.5, 0.6) is 0 Å². The molecule has 0 aliphatic heterocycles. The van der Waals surface area contributed by atoms with Gasteiger partial charge in [0.2, 0.25) is 0 Å². The number of benzene rings is 9. The van der Waals surface area contributed by atoms with Crippen LogP contribution in [0.25, 0.3) is 65.4 Å². The van der Waals surface area contributed by atoms with Crippen LogP contribution in [0, 0.1) is 22.7 Å². The van der Waals surface area contributed by atoms with E-state index >= 15 is 0 Å². The smallest absolute Gasteiger partial charge is 0.178 e. The first-order valence-electron chi connectivity index (χ1n) is 19.0. The minimum absolute atomic E-state index is 0.595. The zero-order valence-electron chi connectivity index (χ0n) is 30.9. The van der Waals surface area contributed by atoms with Crippen LogP contribution in [-0.4, -0.2) is 0 Å². The SMILES string of the molecule is N#Cc1ccccc1N(c1ccccc1)c1ccc2cc3c(cc2c1)oc1c3ccc2c3cc4ccc(N(c5ccccc5)c5ccccc5C#N)cc4cc3oc21. The van der Waals surface area contributed by atoms with Crippen LogP contribution in [0.2, 0.25) is 0 Å². The number of nitrogens with zero attached hydrogens (tertiary/aromatic N) is 4. The molecular weight excluding hydrogens is 713 g/mol. The van der Waals surface area contributed by atoms with Crippen LogP contribution >= 0.6 is 0 Å². The van der Waals surface area contributed by atoms with E-state index in [4.69, 9.17) is 8.83 Å². The molecule has 6 nitrogen and oxygen atoms in total. The van der Waals surface area contributed by atoms with E-state index in [1.807, 2.05) is 84.9 Å². The van der Waals surface area contributed by atoms with Crippen LogP contribution in [0.1, 0.15) is 11.1 Å². The molecule has 0 unspecified atom stereocenters. The highest BCUT2D eigenvalue weighted by molar-refractivity contribution is 6.21. The predicted molar refractivity (Wildman–Crippen MR) is 235 cm³/mol. The second-order valence-electron chi connectivity index (χ2n) is 14.4. The lowest BCUT2D eigenvalue weighted by Gasteiger charge is -2.26. The summed E-state index contributed by atoms with van der Waals surface area (Å²) in [5, 5.41) is 28.2. The van der Waals surface area contributed by atoms with Crippen molar-refractivity contribution in [2.45, 2.75) is 0 Å².